The van der Waals surface area contributed by atoms with E-state index in [0.717, 1.165) is 19.8 Å². The Hall–Kier alpha value is -0.120. The Balaban J connectivity index is 1.86. The fraction of sp³-hybridized carbons (Fsp3) is 1.00. The van der Waals surface area contributed by atoms with Gasteiger partial charge in [-0.25, -0.2) is 0 Å². The van der Waals surface area contributed by atoms with Crippen molar-refractivity contribution in [1.82, 2.24) is 9.80 Å². The van der Waals surface area contributed by atoms with Gasteiger partial charge in [-0.3, -0.25) is 9.80 Å². The molecule has 0 amide bonds. The summed E-state index contributed by atoms with van der Waals surface area (Å²) < 4.78 is 6.15. The van der Waals surface area contributed by atoms with Gasteiger partial charge in [0.1, 0.15) is 6.73 Å². The molecule has 3 nitrogen and oxygen atoms in total. The quantitative estimate of drug-likeness (QED) is 0.646. The predicted octanol–water partition coefficient (Wildman–Crippen LogP) is 2.32. The summed E-state index contributed by atoms with van der Waals surface area (Å²) in [5.41, 5.74) is 0.680. The van der Waals surface area contributed by atoms with E-state index in [4.69, 9.17) is 4.74 Å². The van der Waals surface area contributed by atoms with E-state index >= 15 is 0 Å². The van der Waals surface area contributed by atoms with E-state index in [1.165, 1.54) is 13.0 Å². The minimum absolute atomic E-state index is 0.162. The van der Waals surface area contributed by atoms with Gasteiger partial charge >= 0.3 is 0 Å². The molecule has 2 aliphatic heterocycles. The highest BCUT2D eigenvalue weighted by atomic mass is 16.5. The Morgan fingerprint density at radius 3 is 1.76 bits per heavy atom. The van der Waals surface area contributed by atoms with Gasteiger partial charge in [0.25, 0.3) is 0 Å². The highest BCUT2D eigenvalue weighted by Gasteiger charge is 2.50. The molecule has 0 saturated carbocycles. The zero-order chi connectivity index (χ0) is 12.9. The molecule has 0 aliphatic carbocycles. The molecule has 100 valence electrons. The maximum Gasteiger partial charge on any atom is 0.100 e. The van der Waals surface area contributed by atoms with Crippen LogP contribution in [-0.2, 0) is 4.74 Å². The second kappa shape index (κ2) is 3.94. The highest BCUT2D eigenvalue weighted by molar-refractivity contribution is 5.03. The summed E-state index contributed by atoms with van der Waals surface area (Å²) in [4.78, 5) is 4.94. The second-order valence-electron chi connectivity index (χ2n) is 7.67. The lowest BCUT2D eigenvalue weighted by Gasteiger charge is -2.58. The standard InChI is InChI=1S/C14H28N2O/c1-12(2,3)15-8-7-14(17-11-15)9-16(10-14)13(4,5)6/h7-11H2,1-6H3. The second-order valence-corrected chi connectivity index (χ2v) is 7.67. The molecule has 0 bridgehead atoms. The molecular weight excluding hydrogens is 212 g/mol. The number of rotatable bonds is 0. The molecule has 2 rings (SSSR count). The van der Waals surface area contributed by atoms with Gasteiger partial charge in [0.15, 0.2) is 0 Å². The van der Waals surface area contributed by atoms with Gasteiger partial charge in [-0.05, 0) is 48.0 Å². The SMILES string of the molecule is CC(C)(C)N1CCC2(CN(C(C)(C)C)C2)OC1. The number of ether oxygens (including phenoxy) is 1. The van der Waals surface area contributed by atoms with Crippen LogP contribution in [0.1, 0.15) is 48.0 Å². The van der Waals surface area contributed by atoms with E-state index in [0.29, 0.717) is 0 Å². The first-order valence-corrected chi connectivity index (χ1v) is 6.77. The zero-order valence-electron chi connectivity index (χ0n) is 12.3. The molecular formula is C14H28N2O. The van der Waals surface area contributed by atoms with Crippen LogP contribution >= 0.6 is 0 Å². The summed E-state index contributed by atoms with van der Waals surface area (Å²) >= 11 is 0. The first kappa shape index (κ1) is 13.3. The van der Waals surface area contributed by atoms with Gasteiger partial charge in [0.2, 0.25) is 0 Å². The Morgan fingerprint density at radius 2 is 1.41 bits per heavy atom. The van der Waals surface area contributed by atoms with Gasteiger partial charge in [0.05, 0.1) is 5.60 Å². The molecule has 3 heteroatoms. The van der Waals surface area contributed by atoms with Gasteiger partial charge in [-0.15, -0.1) is 0 Å². The Morgan fingerprint density at radius 1 is 0.882 bits per heavy atom. The van der Waals surface area contributed by atoms with Crippen molar-refractivity contribution < 1.29 is 4.74 Å². The Kier molecular flexibility index (Phi) is 3.08. The van der Waals surface area contributed by atoms with Crippen LogP contribution in [0.3, 0.4) is 0 Å². The lowest BCUT2D eigenvalue weighted by molar-refractivity contribution is -0.229. The fourth-order valence-corrected chi connectivity index (χ4v) is 2.59. The van der Waals surface area contributed by atoms with Crippen LogP contribution in [0.15, 0.2) is 0 Å². The molecule has 1 spiro atoms. The van der Waals surface area contributed by atoms with E-state index in [1.54, 1.807) is 0 Å². The Bertz CT molecular complexity index is 272. The van der Waals surface area contributed by atoms with Crippen molar-refractivity contribution >= 4 is 0 Å². The van der Waals surface area contributed by atoms with Crippen LogP contribution in [-0.4, -0.2) is 52.8 Å². The third kappa shape index (κ3) is 2.67. The molecule has 0 aromatic heterocycles. The largest absolute Gasteiger partial charge is 0.357 e. The molecule has 0 aromatic rings. The monoisotopic (exact) mass is 240 g/mol. The van der Waals surface area contributed by atoms with E-state index in [-0.39, 0.29) is 16.7 Å². The number of hydrogen-bond acceptors (Lipinski definition) is 3. The van der Waals surface area contributed by atoms with Crippen molar-refractivity contribution in [2.45, 2.75) is 64.6 Å². The molecule has 2 fully saturated rings. The average Bonchev–Trinajstić information content (AvgIpc) is 2.11. The molecule has 2 heterocycles. The Labute approximate surface area is 106 Å². The molecule has 0 aromatic carbocycles. The van der Waals surface area contributed by atoms with E-state index < -0.39 is 0 Å². The highest BCUT2D eigenvalue weighted by Crippen LogP contribution is 2.37. The van der Waals surface area contributed by atoms with E-state index in [2.05, 4.69) is 51.3 Å². The predicted molar refractivity (Wildman–Crippen MR) is 71.1 cm³/mol. The van der Waals surface area contributed by atoms with Crippen molar-refractivity contribution in [3.05, 3.63) is 0 Å². The fourth-order valence-electron chi connectivity index (χ4n) is 2.59. The van der Waals surface area contributed by atoms with Crippen LogP contribution < -0.4 is 0 Å². The van der Waals surface area contributed by atoms with Gasteiger partial charge in [-0.2, -0.15) is 0 Å². The summed E-state index contributed by atoms with van der Waals surface area (Å²) in [7, 11) is 0. The summed E-state index contributed by atoms with van der Waals surface area (Å²) in [5, 5.41) is 0. The lowest BCUT2D eigenvalue weighted by atomic mass is 9.84. The third-order valence-corrected chi connectivity index (χ3v) is 4.22. The topological polar surface area (TPSA) is 15.7 Å². The molecule has 0 atom stereocenters. The van der Waals surface area contributed by atoms with Gasteiger partial charge in [0, 0.05) is 30.7 Å². The first-order chi connectivity index (χ1) is 7.62. The molecule has 0 unspecified atom stereocenters. The van der Waals surface area contributed by atoms with Crippen LogP contribution in [0.2, 0.25) is 0 Å². The normalized spacial score (nSPS) is 27.2. The summed E-state index contributed by atoms with van der Waals surface area (Å²) in [6.45, 7) is 17.8. The smallest absolute Gasteiger partial charge is 0.100 e. The van der Waals surface area contributed by atoms with Crippen LogP contribution in [0, 0.1) is 0 Å². The van der Waals surface area contributed by atoms with Gasteiger partial charge in [-0.1, -0.05) is 0 Å². The van der Waals surface area contributed by atoms with Crippen LogP contribution in [0.5, 0.6) is 0 Å². The van der Waals surface area contributed by atoms with Crippen molar-refractivity contribution in [3.8, 4) is 0 Å². The molecule has 17 heavy (non-hydrogen) atoms. The van der Waals surface area contributed by atoms with Crippen molar-refractivity contribution in [2.24, 2.45) is 0 Å². The first-order valence-electron chi connectivity index (χ1n) is 6.77. The maximum atomic E-state index is 6.15. The van der Waals surface area contributed by atoms with Crippen LogP contribution in [0.4, 0.5) is 0 Å². The van der Waals surface area contributed by atoms with Gasteiger partial charge < -0.3 is 4.74 Å². The third-order valence-electron chi connectivity index (χ3n) is 4.22. The summed E-state index contributed by atoms with van der Waals surface area (Å²) in [6, 6.07) is 0. The number of hydrogen-bond donors (Lipinski definition) is 0. The lowest BCUT2D eigenvalue weighted by Crippen LogP contribution is -2.71. The average molecular weight is 240 g/mol. The maximum absolute atomic E-state index is 6.15. The molecule has 0 N–H and O–H groups in total. The van der Waals surface area contributed by atoms with Crippen LogP contribution in [0.25, 0.3) is 0 Å². The zero-order valence-corrected chi connectivity index (χ0v) is 12.3. The number of likely N-dealkylation sites (tertiary alicyclic amines) is 1. The van der Waals surface area contributed by atoms with Crippen molar-refractivity contribution in [2.75, 3.05) is 26.4 Å². The molecule has 0 radical (unpaired) electrons. The number of nitrogens with zero attached hydrogens (tertiary/aromatic N) is 2. The van der Waals surface area contributed by atoms with E-state index in [9.17, 15) is 0 Å². The van der Waals surface area contributed by atoms with Crippen molar-refractivity contribution in [1.29, 1.82) is 0 Å². The van der Waals surface area contributed by atoms with Crippen molar-refractivity contribution in [3.63, 3.8) is 0 Å². The minimum atomic E-state index is 0.162. The van der Waals surface area contributed by atoms with E-state index in [1.807, 2.05) is 0 Å². The molecule has 2 saturated heterocycles. The minimum Gasteiger partial charge on any atom is -0.357 e. The summed E-state index contributed by atoms with van der Waals surface area (Å²) in [6.07, 6.45) is 1.18. The summed E-state index contributed by atoms with van der Waals surface area (Å²) in [5.74, 6) is 0. The molecule has 2 aliphatic rings.